The van der Waals surface area contributed by atoms with Gasteiger partial charge in [0.15, 0.2) is 6.61 Å². The lowest BCUT2D eigenvalue weighted by Gasteiger charge is -2.22. The van der Waals surface area contributed by atoms with E-state index in [-0.39, 0.29) is 36.4 Å². The maximum Gasteiger partial charge on any atom is 0.422 e. The van der Waals surface area contributed by atoms with Crippen LogP contribution in [0.3, 0.4) is 0 Å². The van der Waals surface area contributed by atoms with E-state index in [9.17, 15) is 22.8 Å². The lowest BCUT2D eigenvalue weighted by Crippen LogP contribution is -2.49. The van der Waals surface area contributed by atoms with Crippen LogP contribution in [0.15, 0.2) is 54.6 Å². The number of hydrogen-bond acceptors (Lipinski definition) is 3. The third-order valence-electron chi connectivity index (χ3n) is 4.27. The molecule has 1 atom stereocenters. The summed E-state index contributed by atoms with van der Waals surface area (Å²) in [7, 11) is 0. The van der Waals surface area contributed by atoms with Gasteiger partial charge in [-0.3, -0.25) is 9.59 Å². The summed E-state index contributed by atoms with van der Waals surface area (Å²) < 4.78 is 41.2. The van der Waals surface area contributed by atoms with Crippen molar-refractivity contribution >= 4 is 11.8 Å². The van der Waals surface area contributed by atoms with Crippen LogP contribution in [0.1, 0.15) is 25.0 Å². The monoisotopic (exact) mass is 422 g/mol. The minimum Gasteiger partial charge on any atom is -0.484 e. The summed E-state index contributed by atoms with van der Waals surface area (Å²) in [6.07, 6.45) is -4.22. The van der Waals surface area contributed by atoms with Gasteiger partial charge in [-0.1, -0.05) is 56.3 Å². The molecule has 2 aromatic rings. The molecule has 0 spiro atoms. The normalized spacial score (nSPS) is 12.3. The first kappa shape index (κ1) is 23.3. The van der Waals surface area contributed by atoms with Crippen molar-refractivity contribution in [2.75, 3.05) is 6.61 Å². The van der Waals surface area contributed by atoms with Crippen LogP contribution in [0.5, 0.6) is 5.75 Å². The minimum atomic E-state index is -4.40. The number of amides is 2. The molecule has 2 amide bonds. The SMILES string of the molecule is CC(C)C(NC(=O)Cc1ccccc1)C(=O)NCc1ccc(OCC(F)(F)F)cc1. The van der Waals surface area contributed by atoms with Crippen molar-refractivity contribution in [2.45, 2.75) is 39.0 Å². The molecule has 162 valence electrons. The van der Waals surface area contributed by atoms with Crippen LogP contribution in [-0.2, 0) is 22.6 Å². The Morgan fingerprint density at radius 1 is 0.967 bits per heavy atom. The lowest BCUT2D eigenvalue weighted by atomic mass is 10.0. The number of rotatable bonds is 9. The fourth-order valence-electron chi connectivity index (χ4n) is 2.71. The van der Waals surface area contributed by atoms with Gasteiger partial charge in [0.25, 0.3) is 0 Å². The molecular formula is C22H25F3N2O3. The highest BCUT2D eigenvalue weighted by Gasteiger charge is 2.28. The Balaban J connectivity index is 1.86. The molecule has 0 aliphatic heterocycles. The fourth-order valence-corrected chi connectivity index (χ4v) is 2.71. The Kier molecular flexibility index (Phi) is 8.26. The predicted octanol–water partition coefficient (Wildman–Crippen LogP) is 3.63. The highest BCUT2D eigenvalue weighted by molar-refractivity contribution is 5.88. The molecule has 30 heavy (non-hydrogen) atoms. The van der Waals surface area contributed by atoms with Gasteiger partial charge in [0, 0.05) is 6.54 Å². The molecule has 0 fully saturated rings. The molecule has 2 N–H and O–H groups in total. The van der Waals surface area contributed by atoms with Crippen LogP contribution in [0.25, 0.3) is 0 Å². The molecule has 0 heterocycles. The first-order chi connectivity index (χ1) is 14.1. The van der Waals surface area contributed by atoms with Gasteiger partial charge in [-0.15, -0.1) is 0 Å². The Hall–Kier alpha value is -3.03. The van der Waals surface area contributed by atoms with Crippen LogP contribution in [0, 0.1) is 5.92 Å². The second-order valence-corrected chi connectivity index (χ2v) is 7.22. The summed E-state index contributed by atoms with van der Waals surface area (Å²) in [6, 6.07) is 14.5. The Bertz CT molecular complexity index is 822. The van der Waals surface area contributed by atoms with Gasteiger partial charge in [-0.25, -0.2) is 0 Å². The summed E-state index contributed by atoms with van der Waals surface area (Å²) >= 11 is 0. The fraction of sp³-hybridized carbons (Fsp3) is 0.364. The third-order valence-corrected chi connectivity index (χ3v) is 4.27. The van der Waals surface area contributed by atoms with Gasteiger partial charge in [0.1, 0.15) is 11.8 Å². The average Bonchev–Trinajstić information content (AvgIpc) is 2.69. The second-order valence-electron chi connectivity index (χ2n) is 7.22. The molecule has 0 saturated carbocycles. The largest absolute Gasteiger partial charge is 0.484 e. The van der Waals surface area contributed by atoms with Gasteiger partial charge in [0.05, 0.1) is 6.42 Å². The van der Waals surface area contributed by atoms with E-state index >= 15 is 0 Å². The maximum absolute atomic E-state index is 12.6. The molecule has 0 aliphatic carbocycles. The first-order valence-electron chi connectivity index (χ1n) is 9.53. The van der Waals surface area contributed by atoms with E-state index < -0.39 is 18.8 Å². The standard InChI is InChI=1S/C22H25F3N2O3/c1-15(2)20(27-19(28)12-16-6-4-3-5-7-16)21(29)26-13-17-8-10-18(11-9-17)30-14-22(23,24)25/h3-11,15,20H,12-14H2,1-2H3,(H,26,29)(H,27,28). The molecule has 0 radical (unpaired) electrons. The topological polar surface area (TPSA) is 67.4 Å². The van der Waals surface area contributed by atoms with E-state index in [4.69, 9.17) is 0 Å². The summed E-state index contributed by atoms with van der Waals surface area (Å²) in [6.45, 7) is 2.48. The minimum absolute atomic E-state index is 0.0932. The van der Waals surface area contributed by atoms with Gasteiger partial charge in [-0.05, 0) is 29.2 Å². The number of carbonyl (C=O) groups is 2. The molecule has 0 aromatic heterocycles. The average molecular weight is 422 g/mol. The smallest absolute Gasteiger partial charge is 0.422 e. The number of halogens is 3. The van der Waals surface area contributed by atoms with Gasteiger partial charge >= 0.3 is 6.18 Å². The molecule has 0 saturated heterocycles. The van der Waals surface area contributed by atoms with Crippen molar-refractivity contribution in [3.8, 4) is 5.75 Å². The van der Waals surface area contributed by atoms with Crippen LogP contribution >= 0.6 is 0 Å². The molecule has 5 nitrogen and oxygen atoms in total. The molecule has 0 aliphatic rings. The number of benzene rings is 2. The zero-order chi connectivity index (χ0) is 22.1. The summed E-state index contributed by atoms with van der Waals surface area (Å²) in [5.41, 5.74) is 1.55. The maximum atomic E-state index is 12.6. The highest BCUT2D eigenvalue weighted by Crippen LogP contribution is 2.19. The zero-order valence-corrected chi connectivity index (χ0v) is 16.8. The molecule has 2 rings (SSSR count). The Morgan fingerprint density at radius 2 is 1.60 bits per heavy atom. The summed E-state index contributed by atoms with van der Waals surface area (Å²) in [5.74, 6) is -0.608. The van der Waals surface area contributed by atoms with Crippen molar-refractivity contribution in [3.63, 3.8) is 0 Å². The van der Waals surface area contributed by atoms with E-state index in [0.717, 1.165) is 5.56 Å². The van der Waals surface area contributed by atoms with Gasteiger partial charge < -0.3 is 15.4 Å². The van der Waals surface area contributed by atoms with Crippen molar-refractivity contribution in [3.05, 3.63) is 65.7 Å². The molecular weight excluding hydrogens is 397 g/mol. The Morgan fingerprint density at radius 3 is 2.17 bits per heavy atom. The van der Waals surface area contributed by atoms with E-state index in [2.05, 4.69) is 15.4 Å². The van der Waals surface area contributed by atoms with Crippen molar-refractivity contribution in [2.24, 2.45) is 5.92 Å². The summed E-state index contributed by atoms with van der Waals surface area (Å²) in [4.78, 5) is 24.8. The summed E-state index contributed by atoms with van der Waals surface area (Å²) in [5, 5.41) is 5.51. The van der Waals surface area contributed by atoms with Gasteiger partial charge in [-0.2, -0.15) is 13.2 Å². The molecule has 2 aromatic carbocycles. The Labute approximate surface area is 173 Å². The number of hydrogen-bond donors (Lipinski definition) is 2. The van der Waals surface area contributed by atoms with E-state index in [1.54, 1.807) is 12.1 Å². The number of alkyl halides is 3. The molecule has 1 unspecified atom stereocenters. The first-order valence-corrected chi connectivity index (χ1v) is 9.53. The lowest BCUT2D eigenvalue weighted by molar-refractivity contribution is -0.153. The number of carbonyl (C=O) groups excluding carboxylic acids is 2. The van der Waals surface area contributed by atoms with Crippen LogP contribution in [-0.4, -0.2) is 30.6 Å². The van der Waals surface area contributed by atoms with Crippen molar-refractivity contribution in [1.29, 1.82) is 0 Å². The van der Waals surface area contributed by atoms with Gasteiger partial charge in [0.2, 0.25) is 11.8 Å². The zero-order valence-electron chi connectivity index (χ0n) is 16.8. The second kappa shape index (κ2) is 10.7. The third kappa shape index (κ3) is 8.14. The molecule has 0 bridgehead atoms. The van der Waals surface area contributed by atoms with Crippen LogP contribution in [0.4, 0.5) is 13.2 Å². The number of ether oxygens (including phenoxy) is 1. The quantitative estimate of drug-likeness (QED) is 0.649. The number of nitrogens with one attached hydrogen (secondary N) is 2. The van der Waals surface area contributed by atoms with Crippen molar-refractivity contribution in [1.82, 2.24) is 10.6 Å². The van der Waals surface area contributed by atoms with E-state index in [1.165, 1.54) is 12.1 Å². The van der Waals surface area contributed by atoms with Crippen molar-refractivity contribution < 1.29 is 27.5 Å². The van der Waals surface area contributed by atoms with E-state index in [1.807, 2.05) is 44.2 Å². The predicted molar refractivity (Wildman–Crippen MR) is 107 cm³/mol. The van der Waals surface area contributed by atoms with Crippen LogP contribution < -0.4 is 15.4 Å². The van der Waals surface area contributed by atoms with E-state index in [0.29, 0.717) is 5.56 Å². The highest BCUT2D eigenvalue weighted by atomic mass is 19.4. The van der Waals surface area contributed by atoms with Crippen LogP contribution in [0.2, 0.25) is 0 Å². The molecule has 8 heteroatoms.